The Bertz CT molecular complexity index is 260. The van der Waals surface area contributed by atoms with E-state index in [0.717, 1.165) is 6.61 Å². The van der Waals surface area contributed by atoms with Crippen LogP contribution in [0, 0.1) is 0 Å². The van der Waals surface area contributed by atoms with Gasteiger partial charge in [0.1, 0.15) is 6.10 Å². The Labute approximate surface area is 82.9 Å². The van der Waals surface area contributed by atoms with Crippen LogP contribution < -0.4 is 5.32 Å². The number of thiophene rings is 1. The van der Waals surface area contributed by atoms with E-state index in [1.807, 2.05) is 0 Å². The van der Waals surface area contributed by atoms with Crippen molar-refractivity contribution in [3.8, 4) is 0 Å². The predicted molar refractivity (Wildman–Crippen MR) is 55.1 cm³/mol. The minimum Gasteiger partial charge on any atom is -0.369 e. The average molecular weight is 197 g/mol. The highest BCUT2D eigenvalue weighted by atomic mass is 32.1. The summed E-state index contributed by atoms with van der Waals surface area (Å²) in [6, 6.07) is 5.12. The second-order valence-corrected chi connectivity index (χ2v) is 4.61. The van der Waals surface area contributed by atoms with Crippen LogP contribution in [0.15, 0.2) is 17.5 Å². The van der Waals surface area contributed by atoms with Crippen molar-refractivity contribution in [2.75, 3.05) is 6.61 Å². The molecule has 72 valence electrons. The maximum atomic E-state index is 5.79. The molecule has 2 heterocycles. The third kappa shape index (κ3) is 1.93. The fourth-order valence-corrected chi connectivity index (χ4v) is 2.64. The van der Waals surface area contributed by atoms with Gasteiger partial charge in [0, 0.05) is 17.0 Å². The number of rotatable bonds is 1. The van der Waals surface area contributed by atoms with Crippen LogP contribution in [-0.4, -0.2) is 18.7 Å². The molecule has 0 spiro atoms. The normalized spacial score (nSPS) is 34.8. The number of nitrogens with one attached hydrogen (secondary N) is 1. The molecule has 2 nitrogen and oxygen atoms in total. The SMILES string of the molecule is CC1COC(c2cccs2)C(C)N1. The van der Waals surface area contributed by atoms with E-state index in [9.17, 15) is 0 Å². The zero-order valence-corrected chi connectivity index (χ0v) is 8.80. The lowest BCUT2D eigenvalue weighted by atomic mass is 10.1. The molecule has 0 aliphatic carbocycles. The Morgan fingerprint density at radius 2 is 2.38 bits per heavy atom. The molecule has 1 N–H and O–H groups in total. The van der Waals surface area contributed by atoms with E-state index in [2.05, 4.69) is 36.7 Å². The number of hydrogen-bond donors (Lipinski definition) is 1. The monoisotopic (exact) mass is 197 g/mol. The van der Waals surface area contributed by atoms with Crippen molar-refractivity contribution in [1.82, 2.24) is 5.32 Å². The topological polar surface area (TPSA) is 21.3 Å². The first-order valence-electron chi connectivity index (χ1n) is 4.68. The summed E-state index contributed by atoms with van der Waals surface area (Å²) in [4.78, 5) is 1.33. The summed E-state index contributed by atoms with van der Waals surface area (Å²) in [7, 11) is 0. The fraction of sp³-hybridized carbons (Fsp3) is 0.600. The highest BCUT2D eigenvalue weighted by molar-refractivity contribution is 7.10. The molecule has 13 heavy (non-hydrogen) atoms. The molecule has 1 aromatic heterocycles. The fourth-order valence-electron chi connectivity index (χ4n) is 1.76. The Morgan fingerprint density at radius 1 is 1.54 bits per heavy atom. The molecule has 1 fully saturated rings. The lowest BCUT2D eigenvalue weighted by Crippen LogP contribution is -2.47. The molecule has 1 aromatic rings. The molecular weight excluding hydrogens is 182 g/mol. The third-order valence-electron chi connectivity index (χ3n) is 2.35. The summed E-state index contributed by atoms with van der Waals surface area (Å²) >= 11 is 1.77. The van der Waals surface area contributed by atoms with Gasteiger partial charge in [0.05, 0.1) is 6.61 Å². The van der Waals surface area contributed by atoms with Crippen molar-refractivity contribution < 1.29 is 4.74 Å². The van der Waals surface area contributed by atoms with Gasteiger partial charge in [-0.15, -0.1) is 11.3 Å². The number of hydrogen-bond acceptors (Lipinski definition) is 3. The zero-order valence-electron chi connectivity index (χ0n) is 7.99. The zero-order chi connectivity index (χ0) is 9.26. The van der Waals surface area contributed by atoms with Crippen molar-refractivity contribution in [2.45, 2.75) is 32.0 Å². The van der Waals surface area contributed by atoms with Crippen LogP contribution in [-0.2, 0) is 4.74 Å². The van der Waals surface area contributed by atoms with Gasteiger partial charge in [-0.2, -0.15) is 0 Å². The summed E-state index contributed by atoms with van der Waals surface area (Å²) in [6.07, 6.45) is 0.246. The van der Waals surface area contributed by atoms with Gasteiger partial charge in [-0.25, -0.2) is 0 Å². The van der Waals surface area contributed by atoms with Crippen LogP contribution in [0.1, 0.15) is 24.8 Å². The molecular formula is C10H15NOS. The predicted octanol–water partition coefficient (Wildman–Crippen LogP) is 2.19. The van der Waals surface area contributed by atoms with E-state index < -0.39 is 0 Å². The molecule has 0 aromatic carbocycles. The van der Waals surface area contributed by atoms with E-state index in [1.165, 1.54) is 4.88 Å². The van der Waals surface area contributed by atoms with E-state index in [-0.39, 0.29) is 6.10 Å². The Kier molecular flexibility index (Phi) is 2.67. The van der Waals surface area contributed by atoms with Crippen LogP contribution in [0.4, 0.5) is 0 Å². The Morgan fingerprint density at radius 3 is 3.00 bits per heavy atom. The van der Waals surface area contributed by atoms with Crippen molar-refractivity contribution in [1.29, 1.82) is 0 Å². The van der Waals surface area contributed by atoms with Crippen LogP contribution in [0.2, 0.25) is 0 Å². The van der Waals surface area contributed by atoms with E-state index >= 15 is 0 Å². The van der Waals surface area contributed by atoms with E-state index in [4.69, 9.17) is 4.74 Å². The van der Waals surface area contributed by atoms with Gasteiger partial charge in [-0.3, -0.25) is 0 Å². The molecule has 3 unspecified atom stereocenters. The highest BCUT2D eigenvalue weighted by Crippen LogP contribution is 2.28. The van der Waals surface area contributed by atoms with Crippen LogP contribution in [0.3, 0.4) is 0 Å². The minimum atomic E-state index is 0.246. The first-order chi connectivity index (χ1) is 6.27. The van der Waals surface area contributed by atoms with Crippen molar-refractivity contribution >= 4 is 11.3 Å². The van der Waals surface area contributed by atoms with E-state index in [1.54, 1.807) is 11.3 Å². The first kappa shape index (κ1) is 9.19. The summed E-state index contributed by atoms with van der Waals surface area (Å²) in [5.74, 6) is 0. The molecule has 1 aliphatic heterocycles. The first-order valence-corrected chi connectivity index (χ1v) is 5.56. The van der Waals surface area contributed by atoms with Crippen molar-refractivity contribution in [3.63, 3.8) is 0 Å². The second kappa shape index (κ2) is 3.78. The van der Waals surface area contributed by atoms with Gasteiger partial charge in [0.25, 0.3) is 0 Å². The highest BCUT2D eigenvalue weighted by Gasteiger charge is 2.27. The van der Waals surface area contributed by atoms with Crippen molar-refractivity contribution in [2.24, 2.45) is 0 Å². The van der Waals surface area contributed by atoms with Gasteiger partial charge in [-0.05, 0) is 25.3 Å². The minimum absolute atomic E-state index is 0.246. The summed E-state index contributed by atoms with van der Waals surface area (Å²) in [6.45, 7) is 5.15. The molecule has 3 heteroatoms. The molecule has 0 bridgehead atoms. The third-order valence-corrected chi connectivity index (χ3v) is 3.28. The molecule has 1 aliphatic rings. The summed E-state index contributed by atoms with van der Waals surface area (Å²) in [5, 5.41) is 5.60. The molecule has 0 amide bonds. The lowest BCUT2D eigenvalue weighted by molar-refractivity contribution is -0.0186. The maximum Gasteiger partial charge on any atom is 0.107 e. The maximum absolute atomic E-state index is 5.79. The molecule has 3 atom stereocenters. The van der Waals surface area contributed by atoms with Crippen LogP contribution >= 0.6 is 11.3 Å². The lowest BCUT2D eigenvalue weighted by Gasteiger charge is -2.33. The molecule has 2 rings (SSSR count). The molecule has 0 radical (unpaired) electrons. The molecule has 1 saturated heterocycles. The van der Waals surface area contributed by atoms with Gasteiger partial charge in [0.15, 0.2) is 0 Å². The standard InChI is InChI=1S/C10H15NOS/c1-7-6-12-10(8(2)11-7)9-4-3-5-13-9/h3-5,7-8,10-11H,6H2,1-2H3. The van der Waals surface area contributed by atoms with Crippen LogP contribution in [0.5, 0.6) is 0 Å². The smallest absolute Gasteiger partial charge is 0.107 e. The average Bonchev–Trinajstić information content (AvgIpc) is 2.56. The number of morpholine rings is 1. The van der Waals surface area contributed by atoms with Gasteiger partial charge >= 0.3 is 0 Å². The summed E-state index contributed by atoms with van der Waals surface area (Å²) in [5.41, 5.74) is 0. The Balaban J connectivity index is 2.08. The largest absolute Gasteiger partial charge is 0.369 e. The van der Waals surface area contributed by atoms with Gasteiger partial charge in [0.2, 0.25) is 0 Å². The Hall–Kier alpha value is -0.380. The van der Waals surface area contributed by atoms with Crippen LogP contribution in [0.25, 0.3) is 0 Å². The van der Waals surface area contributed by atoms with E-state index in [0.29, 0.717) is 12.1 Å². The summed E-state index contributed by atoms with van der Waals surface area (Å²) < 4.78 is 5.79. The van der Waals surface area contributed by atoms with Crippen molar-refractivity contribution in [3.05, 3.63) is 22.4 Å². The quantitative estimate of drug-likeness (QED) is 0.745. The van der Waals surface area contributed by atoms with Gasteiger partial charge in [-0.1, -0.05) is 6.07 Å². The second-order valence-electron chi connectivity index (χ2n) is 3.63. The number of ether oxygens (including phenoxy) is 1. The van der Waals surface area contributed by atoms with Gasteiger partial charge < -0.3 is 10.1 Å². The molecule has 0 saturated carbocycles.